The van der Waals surface area contributed by atoms with E-state index in [0.717, 1.165) is 6.42 Å². The first kappa shape index (κ1) is 17.4. The second-order valence-electron chi connectivity index (χ2n) is 5.84. The van der Waals surface area contributed by atoms with E-state index >= 15 is 0 Å². The summed E-state index contributed by atoms with van der Waals surface area (Å²) in [5.74, 6) is -1.20. The fraction of sp³-hybridized carbons (Fsp3) is 0.529. The Morgan fingerprint density at radius 1 is 1.26 bits per heavy atom. The molecule has 0 radical (unpaired) electrons. The van der Waals surface area contributed by atoms with Gasteiger partial charge in [0.1, 0.15) is 11.9 Å². The summed E-state index contributed by atoms with van der Waals surface area (Å²) in [7, 11) is 0. The van der Waals surface area contributed by atoms with Gasteiger partial charge < -0.3 is 10.0 Å². The summed E-state index contributed by atoms with van der Waals surface area (Å²) in [4.78, 5) is 27.3. The molecule has 0 aliphatic carbocycles. The third kappa shape index (κ3) is 4.76. The molecule has 0 bridgehead atoms. The van der Waals surface area contributed by atoms with Gasteiger partial charge in [0.25, 0.3) is 0 Å². The minimum atomic E-state index is -0.813. The van der Waals surface area contributed by atoms with Crippen molar-refractivity contribution >= 4 is 11.9 Å². The molecule has 5 nitrogen and oxygen atoms in total. The van der Waals surface area contributed by atoms with Gasteiger partial charge >= 0.3 is 5.97 Å². The molecule has 126 valence electrons. The van der Waals surface area contributed by atoms with Gasteiger partial charge in [-0.1, -0.05) is 19.1 Å². The van der Waals surface area contributed by atoms with Crippen LogP contribution in [0.15, 0.2) is 24.3 Å². The number of nitrogens with zero attached hydrogens (tertiary/aromatic N) is 2. The molecule has 1 atom stereocenters. The van der Waals surface area contributed by atoms with Crippen LogP contribution in [0.25, 0.3) is 0 Å². The average molecular weight is 322 g/mol. The van der Waals surface area contributed by atoms with Gasteiger partial charge in [0, 0.05) is 26.2 Å². The van der Waals surface area contributed by atoms with E-state index in [1.54, 1.807) is 17.0 Å². The molecule has 1 aliphatic rings. The number of aliphatic carboxylic acids is 1. The molecule has 1 aliphatic heterocycles. The van der Waals surface area contributed by atoms with Crippen molar-refractivity contribution in [1.29, 1.82) is 0 Å². The van der Waals surface area contributed by atoms with Crippen LogP contribution in [0.5, 0.6) is 0 Å². The number of amides is 1. The SMILES string of the molecule is CC[C@@H](C(=O)O)N1CCCN(C(=O)Cc2cccc(F)c2)CC1. The fourth-order valence-corrected chi connectivity index (χ4v) is 3.02. The zero-order chi connectivity index (χ0) is 16.8. The van der Waals surface area contributed by atoms with E-state index in [1.807, 2.05) is 11.8 Å². The highest BCUT2D eigenvalue weighted by atomic mass is 19.1. The Kier molecular flexibility index (Phi) is 6.10. The summed E-state index contributed by atoms with van der Waals surface area (Å²) >= 11 is 0. The summed E-state index contributed by atoms with van der Waals surface area (Å²) in [6.07, 6.45) is 1.47. The number of halogens is 1. The first-order valence-corrected chi connectivity index (χ1v) is 8.00. The zero-order valence-corrected chi connectivity index (χ0v) is 13.4. The Labute approximate surface area is 135 Å². The number of benzene rings is 1. The predicted octanol–water partition coefficient (Wildman–Crippen LogP) is 1.77. The lowest BCUT2D eigenvalue weighted by Crippen LogP contribution is -2.43. The average Bonchev–Trinajstić information content (AvgIpc) is 2.74. The van der Waals surface area contributed by atoms with Crippen molar-refractivity contribution in [2.24, 2.45) is 0 Å². The molecule has 1 amide bonds. The van der Waals surface area contributed by atoms with Crippen molar-refractivity contribution < 1.29 is 19.1 Å². The number of carbonyl (C=O) groups excluding carboxylic acids is 1. The zero-order valence-electron chi connectivity index (χ0n) is 13.4. The van der Waals surface area contributed by atoms with E-state index in [-0.39, 0.29) is 18.1 Å². The summed E-state index contributed by atoms with van der Waals surface area (Å²) in [5.41, 5.74) is 0.660. The predicted molar refractivity (Wildman–Crippen MR) is 84.6 cm³/mol. The van der Waals surface area contributed by atoms with Crippen molar-refractivity contribution in [2.45, 2.75) is 32.2 Å². The quantitative estimate of drug-likeness (QED) is 0.897. The maximum absolute atomic E-state index is 13.2. The third-order valence-electron chi connectivity index (χ3n) is 4.24. The molecule has 0 aromatic heterocycles. The molecular formula is C17H23FN2O3. The molecule has 0 spiro atoms. The third-order valence-corrected chi connectivity index (χ3v) is 4.24. The van der Waals surface area contributed by atoms with Gasteiger partial charge in [0.15, 0.2) is 0 Å². The van der Waals surface area contributed by atoms with E-state index in [0.29, 0.717) is 38.2 Å². The van der Waals surface area contributed by atoms with Crippen LogP contribution in [-0.2, 0) is 16.0 Å². The van der Waals surface area contributed by atoms with Crippen molar-refractivity contribution in [2.75, 3.05) is 26.2 Å². The number of hydrogen-bond acceptors (Lipinski definition) is 3. The van der Waals surface area contributed by atoms with Crippen molar-refractivity contribution in [3.05, 3.63) is 35.6 Å². The summed E-state index contributed by atoms with van der Waals surface area (Å²) < 4.78 is 13.2. The number of rotatable bonds is 5. The van der Waals surface area contributed by atoms with E-state index in [1.165, 1.54) is 12.1 Å². The van der Waals surface area contributed by atoms with Crippen molar-refractivity contribution in [1.82, 2.24) is 9.80 Å². The Bertz CT molecular complexity index is 565. The highest BCUT2D eigenvalue weighted by molar-refractivity contribution is 5.79. The van der Waals surface area contributed by atoms with Gasteiger partial charge in [-0.05, 0) is 30.5 Å². The largest absolute Gasteiger partial charge is 0.480 e. The van der Waals surface area contributed by atoms with Gasteiger partial charge in [-0.2, -0.15) is 0 Å². The summed E-state index contributed by atoms with van der Waals surface area (Å²) in [6, 6.07) is 5.57. The van der Waals surface area contributed by atoms with Crippen LogP contribution in [0.1, 0.15) is 25.3 Å². The Morgan fingerprint density at radius 3 is 2.70 bits per heavy atom. The van der Waals surface area contributed by atoms with Crippen LogP contribution >= 0.6 is 0 Å². The Hall–Kier alpha value is -1.95. The molecule has 6 heteroatoms. The first-order chi connectivity index (χ1) is 11.0. The molecule has 1 saturated heterocycles. The number of hydrogen-bond donors (Lipinski definition) is 1. The van der Waals surface area contributed by atoms with Gasteiger partial charge in [0.2, 0.25) is 5.91 Å². The molecule has 0 unspecified atom stereocenters. The van der Waals surface area contributed by atoms with Gasteiger partial charge in [-0.25, -0.2) is 4.39 Å². The van der Waals surface area contributed by atoms with Crippen molar-refractivity contribution in [3.8, 4) is 0 Å². The molecular weight excluding hydrogens is 299 g/mol. The molecule has 1 fully saturated rings. The maximum atomic E-state index is 13.2. The van der Waals surface area contributed by atoms with E-state index in [9.17, 15) is 19.1 Å². The second kappa shape index (κ2) is 8.06. The standard InChI is InChI=1S/C17H23FN2O3/c1-2-15(17(22)23)19-7-4-8-20(10-9-19)16(21)12-13-5-3-6-14(18)11-13/h3,5-6,11,15H,2,4,7-10,12H2,1H3,(H,22,23)/t15-/m0/s1. The summed E-state index contributed by atoms with van der Waals surface area (Å²) in [5, 5.41) is 9.26. The second-order valence-corrected chi connectivity index (χ2v) is 5.84. The van der Waals surface area contributed by atoms with Crippen LogP contribution in [0.2, 0.25) is 0 Å². The lowest BCUT2D eigenvalue weighted by molar-refractivity contribution is -0.143. The van der Waals surface area contributed by atoms with E-state index in [2.05, 4.69) is 0 Å². The normalized spacial score (nSPS) is 17.6. The number of carbonyl (C=O) groups is 2. The molecule has 2 rings (SSSR count). The minimum Gasteiger partial charge on any atom is -0.480 e. The highest BCUT2D eigenvalue weighted by Crippen LogP contribution is 2.12. The summed E-state index contributed by atoms with van der Waals surface area (Å²) in [6.45, 7) is 4.21. The lowest BCUT2D eigenvalue weighted by Gasteiger charge is -2.26. The molecule has 1 heterocycles. The van der Waals surface area contributed by atoms with Crippen molar-refractivity contribution in [3.63, 3.8) is 0 Å². The Balaban J connectivity index is 1.94. The number of carboxylic acid groups (broad SMARTS) is 1. The first-order valence-electron chi connectivity index (χ1n) is 8.00. The van der Waals surface area contributed by atoms with Gasteiger partial charge in [-0.3, -0.25) is 14.5 Å². The highest BCUT2D eigenvalue weighted by Gasteiger charge is 2.27. The van der Waals surface area contributed by atoms with Crippen LogP contribution in [0.4, 0.5) is 4.39 Å². The van der Waals surface area contributed by atoms with Crippen LogP contribution < -0.4 is 0 Å². The smallest absolute Gasteiger partial charge is 0.320 e. The lowest BCUT2D eigenvalue weighted by atomic mass is 10.1. The fourth-order valence-electron chi connectivity index (χ4n) is 3.02. The van der Waals surface area contributed by atoms with Gasteiger partial charge in [0.05, 0.1) is 6.42 Å². The monoisotopic (exact) mass is 322 g/mol. The van der Waals surface area contributed by atoms with Crippen LogP contribution in [0, 0.1) is 5.82 Å². The number of carboxylic acids is 1. The van der Waals surface area contributed by atoms with Crippen LogP contribution in [-0.4, -0.2) is 59.0 Å². The molecule has 1 aromatic carbocycles. The molecule has 1 aromatic rings. The Morgan fingerprint density at radius 2 is 2.04 bits per heavy atom. The topological polar surface area (TPSA) is 60.9 Å². The maximum Gasteiger partial charge on any atom is 0.320 e. The molecule has 23 heavy (non-hydrogen) atoms. The minimum absolute atomic E-state index is 0.0409. The molecule has 0 saturated carbocycles. The molecule has 1 N–H and O–H groups in total. The van der Waals surface area contributed by atoms with Crippen LogP contribution in [0.3, 0.4) is 0 Å². The van der Waals surface area contributed by atoms with Gasteiger partial charge in [-0.15, -0.1) is 0 Å². The van der Waals surface area contributed by atoms with E-state index in [4.69, 9.17) is 0 Å². The van der Waals surface area contributed by atoms with E-state index < -0.39 is 12.0 Å².